The average Bonchev–Trinajstić information content (AvgIpc) is 2.69. The number of amides is 1. The molecule has 0 spiro atoms. The molecular formula is C15H10Cl2INO. The van der Waals surface area contributed by atoms with Crippen molar-refractivity contribution in [1.29, 1.82) is 0 Å². The lowest BCUT2D eigenvalue weighted by atomic mass is 10.1. The van der Waals surface area contributed by atoms with Crippen molar-refractivity contribution < 1.29 is 4.79 Å². The molecule has 1 amide bonds. The van der Waals surface area contributed by atoms with Crippen molar-refractivity contribution in [2.24, 2.45) is 0 Å². The molecule has 1 aliphatic heterocycles. The summed E-state index contributed by atoms with van der Waals surface area (Å²) in [4.78, 5) is 14.0. The molecule has 0 saturated heterocycles. The van der Waals surface area contributed by atoms with Crippen LogP contribution in [0.5, 0.6) is 0 Å². The Morgan fingerprint density at radius 3 is 2.65 bits per heavy atom. The molecule has 3 rings (SSSR count). The third kappa shape index (κ3) is 2.67. The zero-order valence-corrected chi connectivity index (χ0v) is 14.0. The molecule has 5 heteroatoms. The number of benzene rings is 2. The van der Waals surface area contributed by atoms with Gasteiger partial charge in [0.05, 0.1) is 23.0 Å². The van der Waals surface area contributed by atoms with Crippen molar-refractivity contribution >= 4 is 57.4 Å². The maximum absolute atomic E-state index is 12.2. The van der Waals surface area contributed by atoms with Crippen molar-refractivity contribution in [2.75, 3.05) is 4.90 Å². The third-order valence-corrected chi connectivity index (χ3v) is 4.71. The van der Waals surface area contributed by atoms with Crippen LogP contribution in [0.25, 0.3) is 0 Å². The number of carbonyl (C=O) groups is 1. The molecule has 0 fully saturated rings. The predicted molar refractivity (Wildman–Crippen MR) is 90.5 cm³/mol. The quantitative estimate of drug-likeness (QED) is 0.649. The van der Waals surface area contributed by atoms with Gasteiger partial charge in [0.1, 0.15) is 0 Å². The number of halogens is 3. The number of nitrogens with zero attached hydrogens (tertiary/aromatic N) is 1. The van der Waals surface area contributed by atoms with E-state index in [0.717, 1.165) is 20.4 Å². The van der Waals surface area contributed by atoms with E-state index < -0.39 is 0 Å². The smallest absolute Gasteiger partial charge is 0.231 e. The summed E-state index contributed by atoms with van der Waals surface area (Å²) in [5.41, 5.74) is 3.04. The van der Waals surface area contributed by atoms with E-state index in [1.54, 1.807) is 11.0 Å². The van der Waals surface area contributed by atoms with Gasteiger partial charge in [0.2, 0.25) is 5.91 Å². The third-order valence-electron chi connectivity index (χ3n) is 3.30. The number of fused-ring (bicyclic) bond motifs is 1. The van der Waals surface area contributed by atoms with Crippen molar-refractivity contribution in [2.45, 2.75) is 13.0 Å². The van der Waals surface area contributed by atoms with Gasteiger partial charge >= 0.3 is 0 Å². The average molecular weight is 418 g/mol. The Bertz CT molecular complexity index is 702. The summed E-state index contributed by atoms with van der Waals surface area (Å²) in [7, 11) is 0. The summed E-state index contributed by atoms with van der Waals surface area (Å²) in [5.74, 6) is 0.119. The van der Waals surface area contributed by atoms with Crippen LogP contribution in [0.4, 0.5) is 5.69 Å². The second-order valence-electron chi connectivity index (χ2n) is 4.68. The monoisotopic (exact) mass is 417 g/mol. The number of rotatable bonds is 2. The standard InChI is InChI=1S/C15H10Cl2INO/c16-12-3-1-9(5-13(12)17)8-19-14-4-2-11(18)6-10(14)7-15(19)20/h1-6H,7-8H2. The van der Waals surface area contributed by atoms with Gasteiger partial charge in [0, 0.05) is 9.26 Å². The van der Waals surface area contributed by atoms with Gasteiger partial charge in [0.25, 0.3) is 0 Å². The SMILES string of the molecule is O=C1Cc2cc(I)ccc2N1Cc1ccc(Cl)c(Cl)c1. The van der Waals surface area contributed by atoms with Crippen LogP contribution in [0.15, 0.2) is 36.4 Å². The molecule has 0 atom stereocenters. The normalized spacial score (nSPS) is 13.8. The van der Waals surface area contributed by atoms with E-state index in [0.29, 0.717) is 23.0 Å². The maximum atomic E-state index is 12.2. The summed E-state index contributed by atoms with van der Waals surface area (Å²) >= 11 is 14.2. The lowest BCUT2D eigenvalue weighted by molar-refractivity contribution is -0.117. The van der Waals surface area contributed by atoms with Crippen molar-refractivity contribution in [3.63, 3.8) is 0 Å². The number of carbonyl (C=O) groups excluding carboxylic acids is 1. The Hall–Kier alpha value is -0.780. The van der Waals surface area contributed by atoms with Crippen LogP contribution in [-0.2, 0) is 17.8 Å². The Balaban J connectivity index is 1.92. The van der Waals surface area contributed by atoms with Crippen LogP contribution in [0.1, 0.15) is 11.1 Å². The van der Waals surface area contributed by atoms with Crippen LogP contribution < -0.4 is 4.90 Å². The molecule has 1 heterocycles. The molecule has 0 saturated carbocycles. The Morgan fingerprint density at radius 2 is 1.90 bits per heavy atom. The molecule has 0 bridgehead atoms. The highest BCUT2D eigenvalue weighted by Crippen LogP contribution is 2.32. The van der Waals surface area contributed by atoms with Gasteiger partial charge in [0.15, 0.2) is 0 Å². The van der Waals surface area contributed by atoms with Gasteiger partial charge in [-0.15, -0.1) is 0 Å². The first-order chi connectivity index (χ1) is 9.54. The first kappa shape index (κ1) is 14.2. The molecule has 102 valence electrons. The zero-order chi connectivity index (χ0) is 14.3. The predicted octanol–water partition coefficient (Wildman–Crippen LogP) is 4.69. The fraction of sp³-hybridized carbons (Fsp3) is 0.133. The Kier molecular flexibility index (Phi) is 3.93. The van der Waals surface area contributed by atoms with Crippen molar-refractivity contribution in [3.8, 4) is 0 Å². The first-order valence-corrected chi connectivity index (χ1v) is 7.91. The molecule has 0 unspecified atom stereocenters. The molecule has 20 heavy (non-hydrogen) atoms. The highest BCUT2D eigenvalue weighted by atomic mass is 127. The zero-order valence-electron chi connectivity index (χ0n) is 10.4. The van der Waals surface area contributed by atoms with Crippen LogP contribution in [-0.4, -0.2) is 5.91 Å². The summed E-state index contributed by atoms with van der Waals surface area (Å²) in [6.45, 7) is 0.517. The minimum Gasteiger partial charge on any atom is -0.307 e. The minimum atomic E-state index is 0.119. The van der Waals surface area contributed by atoms with Crippen molar-refractivity contribution in [1.82, 2.24) is 0 Å². The van der Waals surface area contributed by atoms with E-state index in [2.05, 4.69) is 28.7 Å². The number of hydrogen-bond donors (Lipinski definition) is 0. The summed E-state index contributed by atoms with van der Waals surface area (Å²) in [5, 5.41) is 1.04. The van der Waals surface area contributed by atoms with E-state index in [1.807, 2.05) is 24.3 Å². The fourth-order valence-corrected chi connectivity index (χ4v) is 3.22. The summed E-state index contributed by atoms with van der Waals surface area (Å²) in [6.07, 6.45) is 0.466. The topological polar surface area (TPSA) is 20.3 Å². The van der Waals surface area contributed by atoms with E-state index in [4.69, 9.17) is 23.2 Å². The minimum absolute atomic E-state index is 0.119. The highest BCUT2D eigenvalue weighted by Gasteiger charge is 2.27. The van der Waals surface area contributed by atoms with Gasteiger partial charge in [-0.2, -0.15) is 0 Å². The van der Waals surface area contributed by atoms with E-state index in [1.165, 1.54) is 0 Å². The first-order valence-electron chi connectivity index (χ1n) is 6.07. The Labute approximate surface area is 140 Å². The summed E-state index contributed by atoms with van der Waals surface area (Å²) < 4.78 is 1.14. The lowest BCUT2D eigenvalue weighted by Crippen LogP contribution is -2.25. The molecule has 0 aromatic heterocycles. The molecule has 2 aromatic rings. The van der Waals surface area contributed by atoms with Crippen LogP contribution in [0.3, 0.4) is 0 Å². The molecule has 0 N–H and O–H groups in total. The van der Waals surface area contributed by atoms with Gasteiger partial charge in [-0.05, 0) is 64.0 Å². The Morgan fingerprint density at radius 1 is 1.10 bits per heavy atom. The maximum Gasteiger partial charge on any atom is 0.231 e. The van der Waals surface area contributed by atoms with Gasteiger partial charge in [-0.3, -0.25) is 4.79 Å². The second-order valence-corrected chi connectivity index (χ2v) is 6.74. The van der Waals surface area contributed by atoms with E-state index >= 15 is 0 Å². The molecular weight excluding hydrogens is 408 g/mol. The van der Waals surface area contributed by atoms with Crippen molar-refractivity contribution in [3.05, 3.63) is 61.1 Å². The number of hydrogen-bond acceptors (Lipinski definition) is 1. The van der Waals surface area contributed by atoms with E-state index in [9.17, 15) is 4.79 Å². The lowest BCUT2D eigenvalue weighted by Gasteiger charge is -2.18. The molecule has 1 aliphatic rings. The summed E-state index contributed by atoms with van der Waals surface area (Å²) in [6, 6.07) is 11.5. The molecule has 0 aliphatic carbocycles. The number of anilines is 1. The van der Waals surface area contributed by atoms with Gasteiger partial charge < -0.3 is 4.90 Å². The largest absolute Gasteiger partial charge is 0.307 e. The molecule has 2 aromatic carbocycles. The van der Waals surface area contributed by atoms with Crippen LogP contribution >= 0.6 is 45.8 Å². The highest BCUT2D eigenvalue weighted by molar-refractivity contribution is 14.1. The fourth-order valence-electron chi connectivity index (χ4n) is 2.35. The second kappa shape index (κ2) is 5.54. The van der Waals surface area contributed by atoms with Crippen LogP contribution in [0, 0.1) is 3.57 Å². The van der Waals surface area contributed by atoms with Crippen LogP contribution in [0.2, 0.25) is 10.0 Å². The van der Waals surface area contributed by atoms with Gasteiger partial charge in [-0.1, -0.05) is 29.3 Å². The molecule has 2 nitrogen and oxygen atoms in total. The molecule has 0 radical (unpaired) electrons. The van der Waals surface area contributed by atoms with Gasteiger partial charge in [-0.25, -0.2) is 0 Å². The van der Waals surface area contributed by atoms with E-state index in [-0.39, 0.29) is 5.91 Å².